The summed E-state index contributed by atoms with van der Waals surface area (Å²) in [7, 11) is -4.56. The smallest absolute Gasteiger partial charge is 0.416 e. The van der Waals surface area contributed by atoms with E-state index in [0.717, 1.165) is 6.07 Å². The van der Waals surface area contributed by atoms with Gasteiger partial charge < -0.3 is 15.1 Å². The molecule has 0 atom stereocenters. The molecule has 13 heteroatoms. The minimum atomic E-state index is -4.80. The molecule has 40 heavy (non-hydrogen) atoms. The molecule has 208 valence electrons. The van der Waals surface area contributed by atoms with E-state index in [0.29, 0.717) is 22.2 Å². The summed E-state index contributed by atoms with van der Waals surface area (Å²) in [4.78, 5) is 25.7. The average Bonchev–Trinajstić information content (AvgIpc) is 3.45. The number of hydrogen-bond acceptors (Lipinski definition) is 5. The van der Waals surface area contributed by atoms with Gasteiger partial charge in [-0.3, -0.25) is 13.9 Å². The monoisotopic (exact) mass is 591 g/mol. The second-order valence-electron chi connectivity index (χ2n) is 8.34. The number of anilines is 2. The zero-order valence-electron chi connectivity index (χ0n) is 20.5. The fourth-order valence-electron chi connectivity index (χ4n) is 3.69. The van der Waals surface area contributed by atoms with E-state index in [1.807, 2.05) is 0 Å². The van der Waals surface area contributed by atoms with Crippen molar-refractivity contribution in [3.63, 3.8) is 0 Å². The van der Waals surface area contributed by atoms with Crippen molar-refractivity contribution in [2.24, 2.45) is 0 Å². The zero-order valence-corrected chi connectivity index (χ0v) is 22.1. The lowest BCUT2D eigenvalue weighted by molar-refractivity contribution is -0.137. The Hall–Kier alpha value is -4.29. The largest absolute Gasteiger partial charge is 0.467 e. The van der Waals surface area contributed by atoms with Gasteiger partial charge in [0.25, 0.3) is 15.9 Å². The highest BCUT2D eigenvalue weighted by atomic mass is 35.5. The second kappa shape index (κ2) is 11.8. The molecular formula is C27H21ClF3N3O5S. The number of carbonyl (C=O) groups is 2. The molecule has 4 rings (SSSR count). The second-order valence-corrected chi connectivity index (χ2v) is 10.6. The van der Waals surface area contributed by atoms with Gasteiger partial charge in [-0.05, 0) is 54.6 Å². The number of sulfonamides is 1. The number of rotatable bonds is 9. The molecule has 0 aliphatic rings. The van der Waals surface area contributed by atoms with Crippen LogP contribution < -0.4 is 14.9 Å². The van der Waals surface area contributed by atoms with Crippen molar-refractivity contribution >= 4 is 44.8 Å². The van der Waals surface area contributed by atoms with Gasteiger partial charge in [0.15, 0.2) is 0 Å². The lowest BCUT2D eigenvalue weighted by Crippen LogP contribution is -2.38. The van der Waals surface area contributed by atoms with Crippen LogP contribution in [0.15, 0.2) is 101 Å². The summed E-state index contributed by atoms with van der Waals surface area (Å²) in [5.41, 5.74) is -1.58. The predicted octanol–water partition coefficient (Wildman–Crippen LogP) is 5.72. The Labute approximate surface area is 232 Å². The number of halogens is 4. The van der Waals surface area contributed by atoms with Crippen LogP contribution in [0.25, 0.3) is 0 Å². The summed E-state index contributed by atoms with van der Waals surface area (Å²) in [6.45, 7) is -0.869. The normalized spacial score (nSPS) is 11.6. The molecule has 0 saturated heterocycles. The third kappa shape index (κ3) is 6.64. The van der Waals surface area contributed by atoms with E-state index in [1.165, 1.54) is 42.7 Å². The summed E-state index contributed by atoms with van der Waals surface area (Å²) < 4.78 is 73.2. The van der Waals surface area contributed by atoms with E-state index >= 15 is 0 Å². The minimum Gasteiger partial charge on any atom is -0.467 e. The molecule has 2 amide bonds. The molecule has 0 aliphatic carbocycles. The summed E-state index contributed by atoms with van der Waals surface area (Å²) in [5, 5.41) is 4.80. The van der Waals surface area contributed by atoms with E-state index < -0.39 is 45.8 Å². The van der Waals surface area contributed by atoms with Crippen molar-refractivity contribution in [2.45, 2.75) is 17.6 Å². The van der Waals surface area contributed by atoms with E-state index in [-0.39, 0.29) is 27.7 Å². The lowest BCUT2D eigenvalue weighted by Gasteiger charge is -2.26. The van der Waals surface area contributed by atoms with E-state index in [4.69, 9.17) is 16.0 Å². The molecule has 2 N–H and O–H groups in total. The zero-order chi connectivity index (χ0) is 28.9. The first-order chi connectivity index (χ1) is 19.0. The van der Waals surface area contributed by atoms with Gasteiger partial charge in [-0.2, -0.15) is 13.2 Å². The van der Waals surface area contributed by atoms with Gasteiger partial charge in [-0.15, -0.1) is 0 Å². The molecule has 3 aromatic carbocycles. The third-order valence-corrected chi connectivity index (χ3v) is 7.70. The van der Waals surface area contributed by atoms with Crippen LogP contribution in [0.3, 0.4) is 0 Å². The summed E-state index contributed by atoms with van der Waals surface area (Å²) in [6.07, 6.45) is -3.35. The van der Waals surface area contributed by atoms with Crippen LogP contribution >= 0.6 is 11.6 Å². The van der Waals surface area contributed by atoms with Crippen LogP contribution in [-0.4, -0.2) is 26.8 Å². The standard InChI is InChI=1S/C27H21ClF3N3O5S/c28-22-13-12-18(27(29,30)31)15-24(22)34(40(37,38)20-8-2-1-3-9-20)17-25(35)33-23-11-5-4-10-21(23)26(36)32-16-19-7-6-14-39-19/h1-15H,16-17H2,(H,32,36)(H,33,35). The molecule has 0 radical (unpaired) electrons. The maximum atomic E-state index is 13.5. The number of nitrogens with zero attached hydrogens (tertiary/aromatic N) is 1. The Morgan fingerprint density at radius 2 is 1.62 bits per heavy atom. The predicted molar refractivity (Wildman–Crippen MR) is 142 cm³/mol. The number of alkyl halides is 3. The van der Waals surface area contributed by atoms with Crippen molar-refractivity contribution < 1.29 is 35.6 Å². The van der Waals surface area contributed by atoms with Gasteiger partial charge in [-0.25, -0.2) is 8.42 Å². The minimum absolute atomic E-state index is 0.0524. The molecule has 4 aromatic rings. The fourth-order valence-corrected chi connectivity index (χ4v) is 5.41. The van der Waals surface area contributed by atoms with Gasteiger partial charge in [0.1, 0.15) is 12.3 Å². The van der Waals surface area contributed by atoms with E-state index in [9.17, 15) is 31.2 Å². The van der Waals surface area contributed by atoms with Crippen LogP contribution in [0, 0.1) is 0 Å². The van der Waals surface area contributed by atoms with Gasteiger partial charge in [0.05, 0.1) is 45.2 Å². The van der Waals surface area contributed by atoms with Crippen LogP contribution in [0.2, 0.25) is 5.02 Å². The molecule has 1 aromatic heterocycles. The SMILES string of the molecule is O=C(CN(c1cc(C(F)(F)F)ccc1Cl)S(=O)(=O)c1ccccc1)Nc1ccccc1C(=O)NCc1ccco1. The number of para-hydroxylation sites is 1. The fraction of sp³-hybridized carbons (Fsp3) is 0.111. The third-order valence-electron chi connectivity index (χ3n) is 5.61. The first-order valence-electron chi connectivity index (χ1n) is 11.6. The molecule has 0 bridgehead atoms. The molecule has 0 unspecified atom stereocenters. The maximum absolute atomic E-state index is 13.5. The number of amides is 2. The van der Waals surface area contributed by atoms with Crippen molar-refractivity contribution in [1.82, 2.24) is 5.32 Å². The maximum Gasteiger partial charge on any atom is 0.416 e. The topological polar surface area (TPSA) is 109 Å². The molecule has 0 saturated carbocycles. The quantitative estimate of drug-likeness (QED) is 0.259. The summed E-state index contributed by atoms with van der Waals surface area (Å²) >= 11 is 6.16. The van der Waals surface area contributed by atoms with Crippen molar-refractivity contribution in [3.8, 4) is 0 Å². The Bertz CT molecular complexity index is 1610. The first kappa shape index (κ1) is 28.7. The number of benzene rings is 3. The van der Waals surface area contributed by atoms with Crippen molar-refractivity contribution in [3.05, 3.63) is 113 Å². The lowest BCUT2D eigenvalue weighted by atomic mass is 10.1. The number of nitrogens with one attached hydrogen (secondary N) is 2. The van der Waals surface area contributed by atoms with E-state index in [1.54, 1.807) is 30.3 Å². The van der Waals surface area contributed by atoms with Crippen molar-refractivity contribution in [1.29, 1.82) is 0 Å². The highest BCUT2D eigenvalue weighted by molar-refractivity contribution is 7.92. The summed E-state index contributed by atoms with van der Waals surface area (Å²) in [5.74, 6) is -0.990. The summed E-state index contributed by atoms with van der Waals surface area (Å²) in [6, 6.07) is 18.3. The van der Waals surface area contributed by atoms with Crippen LogP contribution in [0.1, 0.15) is 21.7 Å². The Kier molecular flexibility index (Phi) is 8.50. The highest BCUT2D eigenvalue weighted by Gasteiger charge is 2.34. The molecule has 0 aliphatic heterocycles. The number of carbonyl (C=O) groups excluding carboxylic acids is 2. The average molecular weight is 592 g/mol. The number of furan rings is 1. The van der Waals surface area contributed by atoms with Crippen LogP contribution in [0.4, 0.5) is 24.5 Å². The molecular weight excluding hydrogens is 571 g/mol. The number of hydrogen-bond donors (Lipinski definition) is 2. The van der Waals surface area contributed by atoms with Crippen molar-refractivity contribution in [2.75, 3.05) is 16.2 Å². The molecule has 0 spiro atoms. The first-order valence-corrected chi connectivity index (χ1v) is 13.4. The molecule has 0 fully saturated rings. The Morgan fingerprint density at radius 3 is 2.30 bits per heavy atom. The Balaban J connectivity index is 1.65. The van der Waals surface area contributed by atoms with Gasteiger partial charge >= 0.3 is 6.18 Å². The van der Waals surface area contributed by atoms with Gasteiger partial charge in [0, 0.05) is 0 Å². The van der Waals surface area contributed by atoms with Gasteiger partial charge in [0.2, 0.25) is 5.91 Å². The van der Waals surface area contributed by atoms with Crippen LogP contribution in [0.5, 0.6) is 0 Å². The molecule has 1 heterocycles. The highest BCUT2D eigenvalue weighted by Crippen LogP contribution is 2.37. The molecule has 8 nitrogen and oxygen atoms in total. The van der Waals surface area contributed by atoms with Crippen LogP contribution in [-0.2, 0) is 27.5 Å². The van der Waals surface area contributed by atoms with E-state index in [2.05, 4.69) is 10.6 Å². The Morgan fingerprint density at radius 1 is 0.925 bits per heavy atom. The van der Waals surface area contributed by atoms with Gasteiger partial charge in [-0.1, -0.05) is 41.9 Å².